The van der Waals surface area contributed by atoms with Crippen molar-refractivity contribution in [3.63, 3.8) is 0 Å². The number of aromatic amines is 1. The fourth-order valence-electron chi connectivity index (χ4n) is 3.13. The fourth-order valence-corrected chi connectivity index (χ4v) is 3.13. The summed E-state index contributed by atoms with van der Waals surface area (Å²) in [6.45, 7) is 9.66. The summed E-state index contributed by atoms with van der Waals surface area (Å²) in [6.07, 6.45) is 0. The van der Waals surface area contributed by atoms with Crippen molar-refractivity contribution < 1.29 is 9.18 Å². The van der Waals surface area contributed by atoms with Crippen LogP contribution in [0.3, 0.4) is 0 Å². The highest BCUT2D eigenvalue weighted by atomic mass is 19.1. The van der Waals surface area contributed by atoms with Crippen molar-refractivity contribution in [2.45, 2.75) is 40.3 Å². The number of aromatic nitrogens is 1. The van der Waals surface area contributed by atoms with Gasteiger partial charge in [0.15, 0.2) is 0 Å². The van der Waals surface area contributed by atoms with Gasteiger partial charge in [-0.3, -0.25) is 9.69 Å². The van der Waals surface area contributed by atoms with Gasteiger partial charge in [-0.15, -0.1) is 0 Å². The normalized spacial score (nSPS) is 16.6. The van der Waals surface area contributed by atoms with Gasteiger partial charge in [0, 0.05) is 35.8 Å². The molecule has 2 aromatic rings. The Bertz CT molecular complexity index is 807. The van der Waals surface area contributed by atoms with Crippen LogP contribution in [-0.2, 0) is 6.54 Å². The van der Waals surface area contributed by atoms with Gasteiger partial charge >= 0.3 is 0 Å². The molecule has 0 unspecified atom stereocenters. The molecule has 1 aromatic carbocycles. The van der Waals surface area contributed by atoms with E-state index >= 15 is 0 Å². The van der Waals surface area contributed by atoms with Crippen LogP contribution < -0.4 is 5.43 Å². The Morgan fingerprint density at radius 1 is 1.26 bits per heavy atom. The summed E-state index contributed by atoms with van der Waals surface area (Å²) in [5.41, 5.74) is 6.31. The number of hydrogen-bond donors (Lipinski definition) is 2. The summed E-state index contributed by atoms with van der Waals surface area (Å²) in [5, 5.41) is 5.02. The zero-order valence-corrected chi connectivity index (χ0v) is 13.8. The molecule has 23 heavy (non-hydrogen) atoms. The number of rotatable bonds is 1. The van der Waals surface area contributed by atoms with E-state index in [1.165, 1.54) is 12.1 Å². The van der Waals surface area contributed by atoms with Crippen LogP contribution in [0.15, 0.2) is 17.2 Å². The summed E-state index contributed by atoms with van der Waals surface area (Å²) in [5.74, 6) is -0.783. The molecular weight excluding hydrogens is 295 g/mol. The molecule has 3 heterocycles. The van der Waals surface area contributed by atoms with Gasteiger partial charge in [0.05, 0.1) is 16.8 Å². The lowest BCUT2D eigenvalue weighted by Gasteiger charge is -2.30. The third-order valence-corrected chi connectivity index (χ3v) is 4.21. The van der Waals surface area contributed by atoms with E-state index in [-0.39, 0.29) is 5.91 Å². The molecule has 0 spiro atoms. The molecular formula is C17H21FN4O. The Morgan fingerprint density at radius 3 is 2.70 bits per heavy atom. The van der Waals surface area contributed by atoms with Gasteiger partial charge in [-0.1, -0.05) is 13.8 Å². The van der Waals surface area contributed by atoms with Crippen molar-refractivity contribution in [1.29, 1.82) is 0 Å². The number of nitrogens with zero attached hydrogens (tertiary/aromatic N) is 2. The molecule has 4 rings (SSSR count). The second-order valence-corrected chi connectivity index (χ2v) is 5.85. The number of carbonyl (C=O) groups excluding carboxylic acids is 1. The minimum Gasteiger partial charge on any atom is -0.357 e. The molecule has 1 amide bonds. The van der Waals surface area contributed by atoms with Crippen LogP contribution in [0.1, 0.15) is 49.3 Å². The summed E-state index contributed by atoms with van der Waals surface area (Å²) in [7, 11) is 0. The smallest absolute Gasteiger partial charge is 0.272 e. The number of H-pyrrole nitrogens is 1. The van der Waals surface area contributed by atoms with E-state index in [9.17, 15) is 9.18 Å². The predicted octanol–water partition coefficient (Wildman–Crippen LogP) is 3.00. The third-order valence-electron chi connectivity index (χ3n) is 4.21. The number of benzene rings is 1. The van der Waals surface area contributed by atoms with Crippen LogP contribution in [0.4, 0.5) is 4.39 Å². The van der Waals surface area contributed by atoms with E-state index in [0.29, 0.717) is 23.7 Å². The monoisotopic (exact) mass is 316 g/mol. The summed E-state index contributed by atoms with van der Waals surface area (Å²) < 4.78 is 13.7. The Labute approximate surface area is 134 Å². The lowest BCUT2D eigenvalue weighted by molar-refractivity contribution is 0.0956. The SMILES string of the molecule is CC.CC(C)N1CC2=NNC(=O)c3cc(F)cc4[nH]c(c2c34)C1. The lowest BCUT2D eigenvalue weighted by atomic mass is 9.97. The molecule has 122 valence electrons. The summed E-state index contributed by atoms with van der Waals surface area (Å²) in [4.78, 5) is 17.7. The van der Waals surface area contributed by atoms with Crippen LogP contribution in [0.25, 0.3) is 10.9 Å². The highest BCUT2D eigenvalue weighted by Gasteiger charge is 2.31. The molecule has 2 aliphatic heterocycles. The standard InChI is InChI=1S/C15H15FN4O.C2H6/c1-7(2)20-5-11-14-12(6-20)18-19-15(21)9-3-8(16)4-10(17-11)13(9)14;1-2/h3-4,7,17H,5-6H2,1-2H3,(H,19,21);1-2H3. The average Bonchev–Trinajstić information content (AvgIpc) is 2.83. The van der Waals surface area contributed by atoms with E-state index in [2.05, 4.69) is 34.3 Å². The molecule has 6 heteroatoms. The maximum Gasteiger partial charge on any atom is 0.272 e. The van der Waals surface area contributed by atoms with Crippen molar-refractivity contribution >= 4 is 22.5 Å². The minimum atomic E-state index is -0.421. The molecule has 2 aliphatic rings. The molecule has 0 atom stereocenters. The number of nitrogens with one attached hydrogen (secondary N) is 2. The van der Waals surface area contributed by atoms with E-state index in [0.717, 1.165) is 28.9 Å². The Morgan fingerprint density at radius 2 is 2.00 bits per heavy atom. The van der Waals surface area contributed by atoms with Crippen molar-refractivity contribution in [2.75, 3.05) is 6.54 Å². The molecule has 0 saturated carbocycles. The first kappa shape index (κ1) is 15.7. The van der Waals surface area contributed by atoms with Gasteiger partial charge in [0.25, 0.3) is 5.91 Å². The largest absolute Gasteiger partial charge is 0.357 e. The Balaban J connectivity index is 0.000000753. The van der Waals surface area contributed by atoms with Crippen LogP contribution in [0, 0.1) is 5.82 Å². The van der Waals surface area contributed by atoms with Crippen LogP contribution in [0.2, 0.25) is 0 Å². The van der Waals surface area contributed by atoms with Crippen molar-refractivity contribution in [3.8, 4) is 0 Å². The van der Waals surface area contributed by atoms with Gasteiger partial charge in [-0.25, -0.2) is 9.82 Å². The maximum atomic E-state index is 13.7. The van der Waals surface area contributed by atoms with E-state index in [1.54, 1.807) is 0 Å². The molecule has 5 nitrogen and oxygen atoms in total. The number of hydrazone groups is 1. The number of halogens is 1. The minimum absolute atomic E-state index is 0.347. The zero-order chi connectivity index (χ0) is 16.7. The van der Waals surface area contributed by atoms with E-state index < -0.39 is 5.82 Å². The first-order chi connectivity index (χ1) is 11.0. The van der Waals surface area contributed by atoms with Crippen molar-refractivity contribution in [3.05, 3.63) is 34.8 Å². The molecule has 1 aromatic heterocycles. The van der Waals surface area contributed by atoms with Crippen molar-refractivity contribution in [2.24, 2.45) is 5.10 Å². The maximum absolute atomic E-state index is 13.7. The molecule has 2 N–H and O–H groups in total. The predicted molar refractivity (Wildman–Crippen MR) is 89.2 cm³/mol. The quantitative estimate of drug-likeness (QED) is 0.849. The second-order valence-electron chi connectivity index (χ2n) is 5.85. The average molecular weight is 316 g/mol. The van der Waals surface area contributed by atoms with Gasteiger partial charge in [0.2, 0.25) is 0 Å². The highest BCUT2D eigenvalue weighted by molar-refractivity contribution is 6.21. The first-order valence-electron chi connectivity index (χ1n) is 8.00. The summed E-state index contributed by atoms with van der Waals surface area (Å²) >= 11 is 0. The van der Waals surface area contributed by atoms with E-state index in [4.69, 9.17) is 0 Å². The van der Waals surface area contributed by atoms with Crippen LogP contribution >= 0.6 is 0 Å². The zero-order valence-electron chi connectivity index (χ0n) is 13.8. The van der Waals surface area contributed by atoms with Crippen LogP contribution in [-0.4, -0.2) is 34.1 Å². The Hall–Kier alpha value is -2.21. The number of hydrogen-bond acceptors (Lipinski definition) is 3. The van der Waals surface area contributed by atoms with E-state index in [1.807, 2.05) is 13.8 Å². The van der Waals surface area contributed by atoms with Gasteiger partial charge in [0.1, 0.15) is 5.82 Å². The summed E-state index contributed by atoms with van der Waals surface area (Å²) in [6, 6.07) is 3.08. The highest BCUT2D eigenvalue weighted by Crippen LogP contribution is 2.33. The van der Waals surface area contributed by atoms with Gasteiger partial charge < -0.3 is 4.98 Å². The van der Waals surface area contributed by atoms with Crippen LogP contribution in [0.5, 0.6) is 0 Å². The molecule has 0 radical (unpaired) electrons. The van der Waals surface area contributed by atoms with Crippen molar-refractivity contribution in [1.82, 2.24) is 15.3 Å². The number of amides is 1. The third kappa shape index (κ3) is 2.43. The molecule has 0 fully saturated rings. The van der Waals surface area contributed by atoms with Gasteiger partial charge in [-0.2, -0.15) is 5.10 Å². The molecule has 0 aliphatic carbocycles. The fraction of sp³-hybridized carbons (Fsp3) is 0.412. The molecule has 0 saturated heterocycles. The Kier molecular flexibility index (Phi) is 3.93. The van der Waals surface area contributed by atoms with Gasteiger partial charge in [-0.05, 0) is 26.0 Å². The lowest BCUT2D eigenvalue weighted by Crippen LogP contribution is -2.40. The second kappa shape index (κ2) is 5.77. The topological polar surface area (TPSA) is 60.5 Å². The number of carbonyl (C=O) groups is 1. The first-order valence-corrected chi connectivity index (χ1v) is 8.00. The molecule has 0 bridgehead atoms.